The van der Waals surface area contributed by atoms with Gasteiger partial charge in [-0.05, 0) is 109 Å². The Morgan fingerprint density at radius 1 is 0.310 bits per heavy atom. The zero-order chi connectivity index (χ0) is 38.4. The molecule has 10 aromatic carbocycles. The zero-order valence-electron chi connectivity index (χ0n) is 31.7. The van der Waals surface area contributed by atoms with Crippen molar-refractivity contribution < 1.29 is 4.42 Å². The summed E-state index contributed by atoms with van der Waals surface area (Å²) in [7, 11) is 0. The van der Waals surface area contributed by atoms with Crippen LogP contribution in [0.1, 0.15) is 0 Å². The van der Waals surface area contributed by atoms with Crippen LogP contribution in [0.15, 0.2) is 229 Å². The van der Waals surface area contributed by atoms with Gasteiger partial charge in [0, 0.05) is 22.3 Å². The average molecular weight is 740 g/mol. The number of benzene rings is 10. The number of fused-ring (bicyclic) bond motifs is 5. The number of furan rings is 1. The van der Waals surface area contributed by atoms with E-state index in [1.54, 1.807) is 0 Å². The monoisotopic (exact) mass is 739 g/mol. The lowest BCUT2D eigenvalue weighted by atomic mass is 9.95. The van der Waals surface area contributed by atoms with Crippen molar-refractivity contribution in [1.82, 2.24) is 0 Å². The number of para-hydroxylation sites is 1. The van der Waals surface area contributed by atoms with Gasteiger partial charge in [-0.1, -0.05) is 176 Å². The van der Waals surface area contributed by atoms with Gasteiger partial charge in [-0.2, -0.15) is 0 Å². The number of rotatable bonds is 7. The molecule has 0 aliphatic carbocycles. The van der Waals surface area contributed by atoms with Gasteiger partial charge in [-0.25, -0.2) is 0 Å². The molecular weight excluding hydrogens is 703 g/mol. The molecule has 1 heterocycles. The van der Waals surface area contributed by atoms with Crippen molar-refractivity contribution in [2.45, 2.75) is 0 Å². The van der Waals surface area contributed by atoms with Crippen molar-refractivity contribution in [3.8, 4) is 44.5 Å². The van der Waals surface area contributed by atoms with Crippen LogP contribution < -0.4 is 4.90 Å². The standard InChI is InChI=1S/C56H37NO/c1-2-13-38(14-3-1)43-19-10-20-44(37-43)39-27-31-45(32-28-39)57(46-33-29-42(30-34-46)48-24-11-17-40-15-4-6-21-47(40)48)53-36-35-51(50-25-12-18-41-16-5-7-22-49(41)50)56-55(53)52-23-8-9-26-54(52)58-56/h1-37H. The third kappa shape index (κ3) is 5.82. The first-order valence-electron chi connectivity index (χ1n) is 19.8. The maximum Gasteiger partial charge on any atom is 0.145 e. The number of hydrogen-bond acceptors (Lipinski definition) is 2. The second kappa shape index (κ2) is 14.1. The molecule has 0 N–H and O–H groups in total. The molecule has 0 spiro atoms. The Kier molecular flexibility index (Phi) is 8.19. The first-order valence-corrected chi connectivity index (χ1v) is 19.8. The van der Waals surface area contributed by atoms with Crippen molar-refractivity contribution >= 4 is 60.5 Å². The molecule has 0 radical (unpaired) electrons. The highest BCUT2D eigenvalue weighted by Gasteiger charge is 2.23. The zero-order valence-corrected chi connectivity index (χ0v) is 31.7. The third-order valence-corrected chi connectivity index (χ3v) is 11.5. The molecule has 0 unspecified atom stereocenters. The average Bonchev–Trinajstić information content (AvgIpc) is 3.70. The van der Waals surface area contributed by atoms with Crippen LogP contribution in [0.5, 0.6) is 0 Å². The van der Waals surface area contributed by atoms with Crippen molar-refractivity contribution in [1.29, 1.82) is 0 Å². The Morgan fingerprint density at radius 3 is 1.50 bits per heavy atom. The maximum absolute atomic E-state index is 6.87. The molecule has 272 valence electrons. The molecule has 2 nitrogen and oxygen atoms in total. The van der Waals surface area contributed by atoms with Gasteiger partial charge < -0.3 is 9.32 Å². The van der Waals surface area contributed by atoms with Crippen LogP contribution in [0, 0.1) is 0 Å². The van der Waals surface area contributed by atoms with E-state index in [9.17, 15) is 0 Å². The molecule has 0 aliphatic rings. The summed E-state index contributed by atoms with van der Waals surface area (Å²) in [6.07, 6.45) is 0. The molecule has 11 rings (SSSR count). The van der Waals surface area contributed by atoms with Gasteiger partial charge in [0.05, 0.1) is 11.1 Å². The van der Waals surface area contributed by atoms with Crippen LogP contribution in [0.25, 0.3) is 88.0 Å². The fourth-order valence-electron chi connectivity index (χ4n) is 8.68. The Balaban J connectivity index is 1.09. The van der Waals surface area contributed by atoms with Crippen LogP contribution in [0.2, 0.25) is 0 Å². The maximum atomic E-state index is 6.87. The van der Waals surface area contributed by atoms with E-state index in [4.69, 9.17) is 4.42 Å². The fraction of sp³-hybridized carbons (Fsp3) is 0. The first-order chi connectivity index (χ1) is 28.8. The number of hydrogen-bond donors (Lipinski definition) is 0. The van der Waals surface area contributed by atoms with E-state index in [-0.39, 0.29) is 0 Å². The van der Waals surface area contributed by atoms with Crippen molar-refractivity contribution in [2.24, 2.45) is 0 Å². The van der Waals surface area contributed by atoms with Crippen molar-refractivity contribution in [3.05, 3.63) is 224 Å². The smallest absolute Gasteiger partial charge is 0.145 e. The largest absolute Gasteiger partial charge is 0.455 e. The van der Waals surface area contributed by atoms with Crippen LogP contribution in [-0.2, 0) is 0 Å². The summed E-state index contributed by atoms with van der Waals surface area (Å²) in [5.74, 6) is 0. The Morgan fingerprint density at radius 2 is 0.810 bits per heavy atom. The highest BCUT2D eigenvalue weighted by atomic mass is 16.3. The molecule has 0 amide bonds. The van der Waals surface area contributed by atoms with Crippen molar-refractivity contribution in [2.75, 3.05) is 4.90 Å². The molecule has 0 bridgehead atoms. The number of nitrogens with zero attached hydrogens (tertiary/aromatic N) is 1. The van der Waals surface area contributed by atoms with Crippen molar-refractivity contribution in [3.63, 3.8) is 0 Å². The van der Waals surface area contributed by atoms with Gasteiger partial charge in [0.15, 0.2) is 0 Å². The highest BCUT2D eigenvalue weighted by Crippen LogP contribution is 2.47. The Hall–Kier alpha value is -7.68. The van der Waals surface area contributed by atoms with Gasteiger partial charge in [0.2, 0.25) is 0 Å². The molecule has 1 aromatic heterocycles. The van der Waals surface area contributed by atoms with Gasteiger partial charge in [-0.15, -0.1) is 0 Å². The fourth-order valence-corrected chi connectivity index (χ4v) is 8.68. The van der Waals surface area contributed by atoms with Crippen LogP contribution >= 0.6 is 0 Å². The summed E-state index contributed by atoms with van der Waals surface area (Å²) >= 11 is 0. The summed E-state index contributed by atoms with van der Waals surface area (Å²) in [6.45, 7) is 0. The quantitative estimate of drug-likeness (QED) is 0.162. The van der Waals surface area contributed by atoms with Crippen LogP contribution in [0.3, 0.4) is 0 Å². The first kappa shape index (κ1) is 33.6. The Labute approximate surface area is 337 Å². The molecule has 11 aromatic rings. The third-order valence-electron chi connectivity index (χ3n) is 11.5. The van der Waals surface area contributed by atoms with E-state index in [1.165, 1.54) is 49.4 Å². The van der Waals surface area contributed by atoms with Gasteiger partial charge in [-0.3, -0.25) is 0 Å². The molecule has 0 fully saturated rings. The van der Waals surface area contributed by atoms with E-state index in [0.717, 1.165) is 55.7 Å². The SMILES string of the molecule is c1ccc(-c2cccc(-c3ccc(N(c4ccc(-c5cccc6ccccc56)cc4)c4ccc(-c5cccc6ccccc56)c5oc6ccccc6c45)cc3)c2)cc1. The predicted molar refractivity (Wildman–Crippen MR) is 245 cm³/mol. The topological polar surface area (TPSA) is 16.4 Å². The summed E-state index contributed by atoms with van der Waals surface area (Å²) in [5.41, 5.74) is 14.3. The van der Waals surface area contributed by atoms with Gasteiger partial charge in [0.1, 0.15) is 11.2 Å². The number of anilines is 3. The van der Waals surface area contributed by atoms with E-state index in [2.05, 4.69) is 229 Å². The summed E-state index contributed by atoms with van der Waals surface area (Å²) < 4.78 is 6.87. The van der Waals surface area contributed by atoms with Crippen LogP contribution in [0.4, 0.5) is 17.1 Å². The van der Waals surface area contributed by atoms with Crippen LogP contribution in [-0.4, -0.2) is 0 Å². The van der Waals surface area contributed by atoms with E-state index in [1.807, 2.05) is 0 Å². The van der Waals surface area contributed by atoms with E-state index >= 15 is 0 Å². The normalized spacial score (nSPS) is 11.4. The molecular formula is C56H37NO. The lowest BCUT2D eigenvalue weighted by Gasteiger charge is -2.27. The molecule has 0 saturated heterocycles. The second-order valence-electron chi connectivity index (χ2n) is 14.9. The summed E-state index contributed by atoms with van der Waals surface area (Å²) in [4.78, 5) is 2.38. The summed E-state index contributed by atoms with van der Waals surface area (Å²) in [5, 5.41) is 7.06. The minimum Gasteiger partial charge on any atom is -0.455 e. The molecule has 2 heteroatoms. The lowest BCUT2D eigenvalue weighted by Crippen LogP contribution is -2.10. The van der Waals surface area contributed by atoms with Gasteiger partial charge in [0.25, 0.3) is 0 Å². The molecule has 0 atom stereocenters. The minimum atomic E-state index is 0.867. The van der Waals surface area contributed by atoms with E-state index < -0.39 is 0 Å². The minimum absolute atomic E-state index is 0.867. The van der Waals surface area contributed by atoms with Gasteiger partial charge >= 0.3 is 0 Å². The molecule has 0 saturated carbocycles. The second-order valence-corrected chi connectivity index (χ2v) is 14.9. The van der Waals surface area contributed by atoms with E-state index in [0.29, 0.717) is 0 Å². The summed E-state index contributed by atoms with van der Waals surface area (Å²) in [6, 6.07) is 80.5. The molecule has 0 aliphatic heterocycles. The lowest BCUT2D eigenvalue weighted by molar-refractivity contribution is 0.670. The molecule has 58 heavy (non-hydrogen) atoms. The Bertz CT molecular complexity index is 3260. The highest BCUT2D eigenvalue weighted by molar-refractivity contribution is 6.18. The predicted octanol–water partition coefficient (Wildman–Crippen LogP) is 16.0.